The number of methoxy groups -OCH3 is 1. The van der Waals surface area contributed by atoms with Gasteiger partial charge in [-0.1, -0.05) is 0 Å². The second-order valence-electron chi connectivity index (χ2n) is 5.81. The first-order chi connectivity index (χ1) is 14.3. The van der Waals surface area contributed by atoms with E-state index in [1.165, 1.54) is 0 Å². The van der Waals surface area contributed by atoms with Crippen molar-refractivity contribution in [1.82, 2.24) is 0 Å². The molecule has 2 aromatic carbocycles. The van der Waals surface area contributed by atoms with Gasteiger partial charge in [0.2, 0.25) is 5.75 Å². The highest BCUT2D eigenvalue weighted by Crippen LogP contribution is 2.42. The van der Waals surface area contributed by atoms with Gasteiger partial charge in [-0.2, -0.15) is 16.8 Å². The lowest BCUT2D eigenvalue weighted by molar-refractivity contribution is 0.346. The molecule has 0 fully saturated rings. The summed E-state index contributed by atoms with van der Waals surface area (Å²) in [6, 6.07) is 4.65. The van der Waals surface area contributed by atoms with Crippen LogP contribution < -0.4 is 18.5 Å². The third kappa shape index (κ3) is 4.80. The Hall–Kier alpha value is -3.53. The Kier molecular flexibility index (Phi) is 5.45. The van der Waals surface area contributed by atoms with E-state index in [0.717, 1.165) is 37.4 Å². The molecular weight excluding hydrogens is 464 g/mol. The van der Waals surface area contributed by atoms with E-state index in [0.29, 0.717) is 0 Å². The summed E-state index contributed by atoms with van der Waals surface area (Å²) in [5, 5.41) is 19.7. The minimum atomic E-state index is -5.14. The van der Waals surface area contributed by atoms with E-state index in [1.54, 1.807) is 0 Å². The molecule has 0 aliphatic carbocycles. The number of phenols is 2. The maximum absolute atomic E-state index is 12.5. The van der Waals surface area contributed by atoms with Gasteiger partial charge in [0.1, 0.15) is 16.7 Å². The standard InChI is InChI=1S/C16H12O13S2/c1-26-16-9(18)6-13-14(15(16)19)8(17)5-11(27-13)7-2-3-10(28-30(20,21)22)12(4-7)29-31(23,24)25/h2-6,18-19H,1H3,(H,20,21,22)(H,23,24,25). The molecular formula is C16H12O13S2. The number of rotatable bonds is 6. The molecule has 3 rings (SSSR count). The molecule has 0 saturated heterocycles. The zero-order valence-corrected chi connectivity index (χ0v) is 16.8. The number of aromatic hydroxyl groups is 2. The van der Waals surface area contributed by atoms with Crippen LogP contribution in [0.4, 0.5) is 0 Å². The Labute approximate surface area is 173 Å². The summed E-state index contributed by atoms with van der Waals surface area (Å²) in [7, 11) is -9.07. The molecule has 31 heavy (non-hydrogen) atoms. The van der Waals surface area contributed by atoms with Crippen LogP contribution in [-0.2, 0) is 20.8 Å². The quantitative estimate of drug-likeness (QED) is 0.370. The van der Waals surface area contributed by atoms with Gasteiger partial charge in [0.05, 0.1) is 7.11 Å². The van der Waals surface area contributed by atoms with Crippen LogP contribution >= 0.6 is 0 Å². The van der Waals surface area contributed by atoms with Crippen LogP contribution in [0.5, 0.6) is 28.7 Å². The predicted molar refractivity (Wildman–Crippen MR) is 102 cm³/mol. The molecule has 0 saturated carbocycles. The maximum atomic E-state index is 12.5. The Morgan fingerprint density at radius 2 is 1.52 bits per heavy atom. The summed E-state index contributed by atoms with van der Waals surface area (Å²) in [5.74, 6) is -3.50. The lowest BCUT2D eigenvalue weighted by atomic mass is 10.1. The van der Waals surface area contributed by atoms with Gasteiger partial charge >= 0.3 is 20.8 Å². The Morgan fingerprint density at radius 1 is 0.903 bits per heavy atom. The number of ether oxygens (including phenoxy) is 1. The molecule has 0 aliphatic heterocycles. The highest BCUT2D eigenvalue weighted by molar-refractivity contribution is 7.81. The minimum absolute atomic E-state index is 0.0739. The minimum Gasteiger partial charge on any atom is -0.504 e. The third-order valence-electron chi connectivity index (χ3n) is 3.75. The monoisotopic (exact) mass is 476 g/mol. The average molecular weight is 476 g/mol. The Balaban J connectivity index is 2.22. The molecule has 0 radical (unpaired) electrons. The summed E-state index contributed by atoms with van der Waals surface area (Å²) in [6.45, 7) is 0. The van der Waals surface area contributed by atoms with Crippen molar-refractivity contribution in [2.75, 3.05) is 7.11 Å². The van der Waals surface area contributed by atoms with Crippen molar-refractivity contribution in [3.63, 3.8) is 0 Å². The third-order valence-corrected chi connectivity index (χ3v) is 4.53. The van der Waals surface area contributed by atoms with E-state index in [2.05, 4.69) is 8.37 Å². The van der Waals surface area contributed by atoms with Gasteiger partial charge in [-0.15, -0.1) is 0 Å². The van der Waals surface area contributed by atoms with Gasteiger partial charge in [0.15, 0.2) is 28.4 Å². The summed E-state index contributed by atoms with van der Waals surface area (Å²) >= 11 is 0. The molecule has 15 heteroatoms. The molecule has 4 N–H and O–H groups in total. The van der Waals surface area contributed by atoms with Crippen molar-refractivity contribution in [2.24, 2.45) is 0 Å². The van der Waals surface area contributed by atoms with Crippen LogP contribution in [0.25, 0.3) is 22.3 Å². The van der Waals surface area contributed by atoms with Gasteiger partial charge in [-0.05, 0) is 18.2 Å². The fourth-order valence-electron chi connectivity index (χ4n) is 2.64. The lowest BCUT2D eigenvalue weighted by Gasteiger charge is -2.11. The SMILES string of the molecule is COc1c(O)cc2oc(-c3ccc(OS(=O)(=O)O)c(OS(=O)(=O)O)c3)cc(=O)c2c1O. The molecule has 1 heterocycles. The molecule has 3 aromatic rings. The average Bonchev–Trinajstić information content (AvgIpc) is 2.60. The van der Waals surface area contributed by atoms with E-state index < -0.39 is 49.2 Å². The summed E-state index contributed by atoms with van der Waals surface area (Å²) < 4.78 is 80.3. The molecule has 0 unspecified atom stereocenters. The first-order valence-electron chi connectivity index (χ1n) is 7.84. The van der Waals surface area contributed by atoms with E-state index >= 15 is 0 Å². The summed E-state index contributed by atoms with van der Waals surface area (Å²) in [6.07, 6.45) is 0. The zero-order chi connectivity index (χ0) is 23.1. The van der Waals surface area contributed by atoms with Crippen LogP contribution in [-0.4, -0.2) is 43.3 Å². The number of phenolic OH excluding ortho intramolecular Hbond substituents is 2. The maximum Gasteiger partial charge on any atom is 0.446 e. The molecule has 0 bridgehead atoms. The molecule has 166 valence electrons. The molecule has 0 aliphatic rings. The van der Waals surface area contributed by atoms with E-state index in [1.807, 2.05) is 0 Å². The Morgan fingerprint density at radius 3 is 2.10 bits per heavy atom. The van der Waals surface area contributed by atoms with Crippen molar-refractivity contribution < 1.29 is 53.7 Å². The van der Waals surface area contributed by atoms with Gasteiger partial charge < -0.3 is 27.7 Å². The Bertz CT molecular complexity index is 1450. The van der Waals surface area contributed by atoms with Crippen LogP contribution in [0, 0.1) is 0 Å². The predicted octanol–water partition coefficient (Wildman–Crippen LogP) is 1.24. The smallest absolute Gasteiger partial charge is 0.446 e. The van der Waals surface area contributed by atoms with E-state index in [-0.39, 0.29) is 28.0 Å². The van der Waals surface area contributed by atoms with Crippen LogP contribution in [0.3, 0.4) is 0 Å². The first kappa shape index (κ1) is 22.2. The molecule has 1 aromatic heterocycles. The number of hydrogen-bond donors (Lipinski definition) is 4. The van der Waals surface area contributed by atoms with Crippen molar-refractivity contribution in [3.8, 4) is 40.1 Å². The van der Waals surface area contributed by atoms with E-state index in [9.17, 15) is 31.8 Å². The summed E-state index contributed by atoms with van der Waals surface area (Å²) in [4.78, 5) is 12.5. The molecule has 0 amide bonds. The first-order valence-corrected chi connectivity index (χ1v) is 10.6. The second-order valence-corrected chi connectivity index (χ2v) is 7.85. The van der Waals surface area contributed by atoms with Crippen LogP contribution in [0.1, 0.15) is 0 Å². The largest absolute Gasteiger partial charge is 0.504 e. The number of fused-ring (bicyclic) bond motifs is 1. The summed E-state index contributed by atoms with van der Waals surface area (Å²) in [5.41, 5.74) is -1.12. The van der Waals surface area contributed by atoms with Crippen molar-refractivity contribution in [3.05, 3.63) is 40.6 Å². The van der Waals surface area contributed by atoms with Gasteiger partial charge in [-0.3, -0.25) is 13.9 Å². The number of hydrogen-bond acceptors (Lipinski definition) is 11. The van der Waals surface area contributed by atoms with Crippen LogP contribution in [0.15, 0.2) is 39.5 Å². The van der Waals surface area contributed by atoms with E-state index in [4.69, 9.17) is 18.3 Å². The van der Waals surface area contributed by atoms with Crippen LogP contribution in [0.2, 0.25) is 0 Å². The van der Waals surface area contributed by atoms with Crippen molar-refractivity contribution >= 4 is 31.8 Å². The normalized spacial score (nSPS) is 12.0. The zero-order valence-electron chi connectivity index (χ0n) is 15.2. The molecule has 0 spiro atoms. The highest BCUT2D eigenvalue weighted by Gasteiger charge is 2.21. The molecule has 13 nitrogen and oxygen atoms in total. The van der Waals surface area contributed by atoms with Gasteiger partial charge in [0, 0.05) is 17.7 Å². The van der Waals surface area contributed by atoms with Gasteiger partial charge in [0.25, 0.3) is 0 Å². The van der Waals surface area contributed by atoms with Gasteiger partial charge in [-0.25, -0.2) is 0 Å². The second kappa shape index (κ2) is 7.62. The topological polar surface area (TPSA) is 207 Å². The molecule has 0 atom stereocenters. The highest BCUT2D eigenvalue weighted by atomic mass is 32.3. The van der Waals surface area contributed by atoms with Crippen molar-refractivity contribution in [1.29, 1.82) is 0 Å². The number of benzene rings is 2. The van der Waals surface area contributed by atoms with Crippen molar-refractivity contribution in [2.45, 2.75) is 0 Å². The fraction of sp³-hybridized carbons (Fsp3) is 0.0625. The lowest BCUT2D eigenvalue weighted by Crippen LogP contribution is -2.11. The fourth-order valence-corrected chi connectivity index (χ4v) is 3.36.